The van der Waals surface area contributed by atoms with E-state index in [0.717, 1.165) is 44.7 Å². The molecular weight excluding hydrogens is 316 g/mol. The number of nitrogens with zero attached hydrogens (tertiary/aromatic N) is 4. The van der Waals surface area contributed by atoms with Crippen LogP contribution in [0.15, 0.2) is 6.20 Å². The van der Waals surface area contributed by atoms with Crippen molar-refractivity contribution < 1.29 is 9.53 Å². The molecule has 2 aliphatic rings. The number of carbonyl (C=O) groups is 1. The molecule has 1 saturated heterocycles. The Morgan fingerprint density at radius 3 is 2.76 bits per heavy atom. The topological polar surface area (TPSA) is 60.2 Å². The summed E-state index contributed by atoms with van der Waals surface area (Å²) in [7, 11) is 1.72. The van der Waals surface area contributed by atoms with E-state index in [1.807, 2.05) is 15.8 Å². The van der Waals surface area contributed by atoms with Gasteiger partial charge in [0, 0.05) is 32.8 Å². The zero-order valence-electron chi connectivity index (χ0n) is 15.5. The number of piperidine rings is 1. The largest absolute Gasteiger partial charge is 0.385 e. The lowest BCUT2D eigenvalue weighted by Gasteiger charge is -2.35. The molecule has 1 aromatic rings. The Hall–Kier alpha value is -1.43. The molecule has 1 atom stereocenters. The molecule has 0 spiro atoms. The number of aromatic nitrogens is 3. The van der Waals surface area contributed by atoms with Gasteiger partial charge in [0.1, 0.15) is 0 Å². The highest BCUT2D eigenvalue weighted by molar-refractivity contribution is 5.92. The van der Waals surface area contributed by atoms with Gasteiger partial charge in [-0.1, -0.05) is 37.3 Å². The van der Waals surface area contributed by atoms with Crippen LogP contribution in [0.1, 0.15) is 74.7 Å². The summed E-state index contributed by atoms with van der Waals surface area (Å²) in [5.41, 5.74) is 0.493. The minimum Gasteiger partial charge on any atom is -0.385 e. The average Bonchev–Trinajstić information content (AvgIpc) is 3.14. The van der Waals surface area contributed by atoms with E-state index in [9.17, 15) is 4.79 Å². The fourth-order valence-corrected chi connectivity index (χ4v) is 4.27. The zero-order chi connectivity index (χ0) is 17.5. The Kier molecular flexibility index (Phi) is 6.84. The van der Waals surface area contributed by atoms with Gasteiger partial charge in [0.15, 0.2) is 5.69 Å². The zero-order valence-corrected chi connectivity index (χ0v) is 15.5. The Balaban J connectivity index is 1.55. The molecule has 140 valence electrons. The van der Waals surface area contributed by atoms with Gasteiger partial charge in [-0.2, -0.15) is 0 Å². The minimum absolute atomic E-state index is 0.0321. The number of hydrogen-bond donors (Lipinski definition) is 0. The van der Waals surface area contributed by atoms with Crippen molar-refractivity contribution >= 4 is 5.91 Å². The molecule has 25 heavy (non-hydrogen) atoms. The van der Waals surface area contributed by atoms with Gasteiger partial charge in [-0.3, -0.25) is 9.48 Å². The van der Waals surface area contributed by atoms with Crippen molar-refractivity contribution in [3.8, 4) is 0 Å². The molecule has 0 N–H and O–H groups in total. The molecule has 0 unspecified atom stereocenters. The second-order valence-corrected chi connectivity index (χ2v) is 7.59. The van der Waals surface area contributed by atoms with Crippen molar-refractivity contribution in [3.05, 3.63) is 11.9 Å². The Morgan fingerprint density at radius 2 is 1.96 bits per heavy atom. The lowest BCUT2D eigenvalue weighted by Crippen LogP contribution is -2.44. The number of likely N-dealkylation sites (tertiary alicyclic amines) is 1. The van der Waals surface area contributed by atoms with Crippen LogP contribution in [0.25, 0.3) is 0 Å². The predicted octanol–water partition coefficient (Wildman–Crippen LogP) is 3.28. The highest BCUT2D eigenvalue weighted by atomic mass is 16.5. The van der Waals surface area contributed by atoms with E-state index in [0.29, 0.717) is 12.3 Å². The van der Waals surface area contributed by atoms with Crippen molar-refractivity contribution in [1.29, 1.82) is 0 Å². The van der Waals surface area contributed by atoms with Crippen LogP contribution in [-0.4, -0.2) is 52.1 Å². The van der Waals surface area contributed by atoms with Gasteiger partial charge >= 0.3 is 0 Å². The van der Waals surface area contributed by atoms with Crippen LogP contribution < -0.4 is 0 Å². The number of ether oxygens (including phenoxy) is 1. The average molecular weight is 348 g/mol. The lowest BCUT2D eigenvalue weighted by atomic mass is 9.87. The first kappa shape index (κ1) is 18.4. The highest BCUT2D eigenvalue weighted by Crippen LogP contribution is 2.26. The molecule has 0 aromatic carbocycles. The Morgan fingerprint density at radius 1 is 1.16 bits per heavy atom. The van der Waals surface area contributed by atoms with Crippen molar-refractivity contribution in [2.75, 3.05) is 20.3 Å². The molecule has 2 heterocycles. The van der Waals surface area contributed by atoms with Gasteiger partial charge in [0.25, 0.3) is 5.91 Å². The molecule has 1 aromatic heterocycles. The summed E-state index contributed by atoms with van der Waals surface area (Å²) < 4.78 is 7.06. The fourth-order valence-electron chi connectivity index (χ4n) is 4.27. The molecule has 6 heteroatoms. The number of rotatable bonds is 7. The molecule has 0 bridgehead atoms. The van der Waals surface area contributed by atoms with Gasteiger partial charge < -0.3 is 9.64 Å². The van der Waals surface area contributed by atoms with Crippen molar-refractivity contribution in [3.63, 3.8) is 0 Å². The molecule has 1 aliphatic carbocycles. The number of methoxy groups -OCH3 is 1. The molecule has 1 aliphatic heterocycles. The van der Waals surface area contributed by atoms with Crippen LogP contribution in [0.5, 0.6) is 0 Å². The van der Waals surface area contributed by atoms with E-state index in [-0.39, 0.29) is 11.9 Å². The number of hydrogen-bond acceptors (Lipinski definition) is 4. The fraction of sp³-hybridized carbons (Fsp3) is 0.842. The standard InChI is InChI=1S/C19H32N4O2/c1-25-14-11-17-9-5-6-12-23(17)19(24)18-15-22(21-20-18)13-10-16-7-3-2-4-8-16/h15-17H,2-14H2,1H3/t17-/m1/s1. The first-order valence-electron chi connectivity index (χ1n) is 9.98. The first-order valence-corrected chi connectivity index (χ1v) is 9.98. The van der Waals surface area contributed by atoms with E-state index in [2.05, 4.69) is 10.3 Å². The van der Waals surface area contributed by atoms with E-state index >= 15 is 0 Å². The second-order valence-electron chi connectivity index (χ2n) is 7.59. The monoisotopic (exact) mass is 348 g/mol. The Labute approximate surface area is 150 Å². The molecule has 3 rings (SSSR count). The Bertz CT molecular complexity index is 539. The number of aryl methyl sites for hydroxylation is 1. The number of carbonyl (C=O) groups excluding carboxylic acids is 1. The highest BCUT2D eigenvalue weighted by Gasteiger charge is 2.28. The molecule has 1 amide bonds. The van der Waals surface area contributed by atoms with Gasteiger partial charge in [0.05, 0.1) is 6.20 Å². The van der Waals surface area contributed by atoms with Crippen LogP contribution in [0, 0.1) is 5.92 Å². The van der Waals surface area contributed by atoms with E-state index in [1.165, 1.54) is 38.5 Å². The summed E-state index contributed by atoms with van der Waals surface area (Å²) in [6.07, 6.45) is 14.0. The molecule has 0 radical (unpaired) electrons. The summed E-state index contributed by atoms with van der Waals surface area (Å²) in [4.78, 5) is 14.8. The molecule has 6 nitrogen and oxygen atoms in total. The van der Waals surface area contributed by atoms with Crippen LogP contribution in [0.4, 0.5) is 0 Å². The van der Waals surface area contributed by atoms with Crippen LogP contribution in [0.3, 0.4) is 0 Å². The maximum absolute atomic E-state index is 12.9. The molecular formula is C19H32N4O2. The van der Waals surface area contributed by atoms with Gasteiger partial charge in [-0.25, -0.2) is 0 Å². The third kappa shape index (κ3) is 5.03. The minimum atomic E-state index is 0.0321. The van der Waals surface area contributed by atoms with Crippen molar-refractivity contribution in [1.82, 2.24) is 19.9 Å². The van der Waals surface area contributed by atoms with Gasteiger partial charge in [-0.05, 0) is 38.0 Å². The summed E-state index contributed by atoms with van der Waals surface area (Å²) in [6.45, 7) is 2.39. The summed E-state index contributed by atoms with van der Waals surface area (Å²) in [6, 6.07) is 0.272. The normalized spacial score (nSPS) is 22.3. The van der Waals surface area contributed by atoms with E-state index in [4.69, 9.17) is 4.74 Å². The van der Waals surface area contributed by atoms with Crippen molar-refractivity contribution in [2.24, 2.45) is 5.92 Å². The predicted molar refractivity (Wildman–Crippen MR) is 96.4 cm³/mol. The summed E-state index contributed by atoms with van der Waals surface area (Å²) >= 11 is 0. The van der Waals surface area contributed by atoms with Gasteiger partial charge in [-0.15, -0.1) is 5.10 Å². The quantitative estimate of drug-likeness (QED) is 0.759. The van der Waals surface area contributed by atoms with Crippen LogP contribution in [-0.2, 0) is 11.3 Å². The molecule has 1 saturated carbocycles. The maximum atomic E-state index is 12.9. The SMILES string of the molecule is COCC[C@H]1CCCCN1C(=O)c1cn(CCC2CCCCC2)nn1. The molecule has 2 fully saturated rings. The smallest absolute Gasteiger partial charge is 0.276 e. The van der Waals surface area contributed by atoms with Crippen LogP contribution >= 0.6 is 0 Å². The maximum Gasteiger partial charge on any atom is 0.276 e. The third-order valence-electron chi connectivity index (χ3n) is 5.79. The number of amides is 1. The third-order valence-corrected chi connectivity index (χ3v) is 5.79. The van der Waals surface area contributed by atoms with E-state index < -0.39 is 0 Å². The van der Waals surface area contributed by atoms with Crippen LogP contribution in [0.2, 0.25) is 0 Å². The second kappa shape index (κ2) is 9.32. The first-order chi connectivity index (χ1) is 12.3. The summed E-state index contributed by atoms with van der Waals surface area (Å²) in [5.74, 6) is 0.849. The summed E-state index contributed by atoms with van der Waals surface area (Å²) in [5, 5.41) is 8.36. The lowest BCUT2D eigenvalue weighted by molar-refractivity contribution is 0.0547. The van der Waals surface area contributed by atoms with Crippen molar-refractivity contribution in [2.45, 2.75) is 76.8 Å². The van der Waals surface area contributed by atoms with Gasteiger partial charge in [0.2, 0.25) is 0 Å². The van der Waals surface area contributed by atoms with E-state index in [1.54, 1.807) is 7.11 Å².